The van der Waals surface area contributed by atoms with Crippen LogP contribution in [0.1, 0.15) is 41.4 Å². The molecule has 0 saturated heterocycles. The highest BCUT2D eigenvalue weighted by molar-refractivity contribution is 7.10. The number of nitrogens with two attached hydrogens (primary N) is 1. The van der Waals surface area contributed by atoms with Crippen molar-refractivity contribution in [3.8, 4) is 11.6 Å². The Balaban J connectivity index is 1.77. The number of rotatable bonds is 4. The summed E-state index contributed by atoms with van der Waals surface area (Å²) in [5.74, 6) is -0.0264. The van der Waals surface area contributed by atoms with Crippen LogP contribution in [-0.2, 0) is 0 Å². The molecule has 0 bridgehead atoms. The molecule has 0 radical (unpaired) electrons. The molecule has 2 aromatic heterocycles. The van der Waals surface area contributed by atoms with Crippen LogP contribution in [0, 0.1) is 0 Å². The van der Waals surface area contributed by atoms with Gasteiger partial charge in [0.1, 0.15) is 10.7 Å². The van der Waals surface area contributed by atoms with Gasteiger partial charge < -0.3 is 15.6 Å². The molecule has 2 aromatic rings. The summed E-state index contributed by atoms with van der Waals surface area (Å²) in [6.45, 7) is 1.85. The number of aromatic nitrogens is 3. The molecule has 3 rings (SSSR count). The second kappa shape index (κ2) is 4.71. The minimum Gasteiger partial charge on any atom is -0.346 e. The maximum absolute atomic E-state index is 11.7. The second-order valence-electron chi connectivity index (χ2n) is 4.53. The lowest BCUT2D eigenvalue weighted by Crippen LogP contribution is -2.26. The number of hydrogen-bond acceptors (Lipinski definition) is 7. The molecule has 1 aliphatic rings. The monoisotopic (exact) mass is 279 g/mol. The van der Waals surface area contributed by atoms with Crippen LogP contribution < -0.4 is 11.1 Å². The van der Waals surface area contributed by atoms with Crippen LogP contribution in [0.2, 0.25) is 0 Å². The van der Waals surface area contributed by atoms with Crippen LogP contribution >= 0.6 is 11.3 Å². The first-order valence-corrected chi connectivity index (χ1v) is 6.87. The lowest BCUT2D eigenvalue weighted by atomic mass is 10.4. The van der Waals surface area contributed by atoms with E-state index in [9.17, 15) is 4.79 Å². The fourth-order valence-corrected chi connectivity index (χ4v) is 2.24. The highest BCUT2D eigenvalue weighted by Crippen LogP contribution is 2.23. The van der Waals surface area contributed by atoms with Gasteiger partial charge in [-0.3, -0.25) is 4.79 Å². The van der Waals surface area contributed by atoms with Crippen LogP contribution in [0.3, 0.4) is 0 Å². The van der Waals surface area contributed by atoms with Gasteiger partial charge in [0.05, 0.1) is 6.04 Å². The third-order valence-corrected chi connectivity index (χ3v) is 3.72. The molecule has 1 saturated carbocycles. The van der Waals surface area contributed by atoms with E-state index in [0.29, 0.717) is 5.69 Å². The molecule has 1 atom stereocenters. The van der Waals surface area contributed by atoms with Crippen LogP contribution in [0.5, 0.6) is 0 Å². The minimum absolute atomic E-state index is 0.0391. The lowest BCUT2D eigenvalue weighted by molar-refractivity contribution is 0.0937. The zero-order chi connectivity index (χ0) is 13.4. The zero-order valence-corrected chi connectivity index (χ0v) is 11.1. The summed E-state index contributed by atoms with van der Waals surface area (Å²) >= 11 is 1.43. The molecular weight excluding hydrogens is 266 g/mol. The van der Waals surface area contributed by atoms with E-state index >= 15 is 0 Å². The molecule has 1 unspecified atom stereocenters. The van der Waals surface area contributed by atoms with Crippen molar-refractivity contribution in [2.75, 3.05) is 0 Å². The average molecular weight is 279 g/mol. The van der Waals surface area contributed by atoms with Gasteiger partial charge in [0.2, 0.25) is 0 Å². The standard InChI is InChI=1S/C11H13N5O2S/c1-5(12)11-14-7(4-19-11)10-15-8(16-18-10)9(17)13-6-2-3-6/h4-6H,2-3,12H2,1H3,(H,13,17). The summed E-state index contributed by atoms with van der Waals surface area (Å²) in [6, 6.07) is 0.123. The van der Waals surface area contributed by atoms with Crippen LogP contribution in [-0.4, -0.2) is 27.1 Å². The first kappa shape index (κ1) is 12.2. The summed E-state index contributed by atoms with van der Waals surface area (Å²) in [4.78, 5) is 20.1. The van der Waals surface area contributed by atoms with Gasteiger partial charge in [-0.2, -0.15) is 4.98 Å². The van der Waals surface area contributed by atoms with Crippen molar-refractivity contribution in [3.05, 3.63) is 16.2 Å². The van der Waals surface area contributed by atoms with Gasteiger partial charge in [-0.25, -0.2) is 4.98 Å². The molecule has 1 aliphatic carbocycles. The SMILES string of the molecule is CC(N)c1nc(-c2nc(C(=O)NC3CC3)no2)cs1. The summed E-state index contributed by atoms with van der Waals surface area (Å²) in [7, 11) is 0. The predicted octanol–water partition coefficient (Wildman–Crippen LogP) is 1.10. The lowest BCUT2D eigenvalue weighted by Gasteiger charge is -1.96. The van der Waals surface area contributed by atoms with Gasteiger partial charge in [0.25, 0.3) is 17.6 Å². The van der Waals surface area contributed by atoms with E-state index in [-0.39, 0.29) is 29.7 Å². The van der Waals surface area contributed by atoms with Crippen molar-refractivity contribution in [3.63, 3.8) is 0 Å². The Morgan fingerprint density at radius 1 is 1.58 bits per heavy atom. The predicted molar refractivity (Wildman–Crippen MR) is 68.5 cm³/mol. The van der Waals surface area contributed by atoms with E-state index in [4.69, 9.17) is 10.3 Å². The van der Waals surface area contributed by atoms with Gasteiger partial charge in [-0.05, 0) is 19.8 Å². The van der Waals surface area contributed by atoms with E-state index in [0.717, 1.165) is 17.8 Å². The summed E-state index contributed by atoms with van der Waals surface area (Å²) in [6.07, 6.45) is 2.03. The third kappa shape index (κ3) is 2.64. The largest absolute Gasteiger partial charge is 0.346 e. The zero-order valence-electron chi connectivity index (χ0n) is 10.3. The van der Waals surface area contributed by atoms with E-state index in [1.807, 2.05) is 6.92 Å². The Bertz CT molecular complexity index is 602. The maximum atomic E-state index is 11.7. The number of hydrogen-bond donors (Lipinski definition) is 2. The number of carbonyl (C=O) groups is 1. The van der Waals surface area contributed by atoms with Crippen molar-refractivity contribution in [1.29, 1.82) is 0 Å². The molecule has 1 amide bonds. The molecule has 100 valence electrons. The van der Waals surface area contributed by atoms with E-state index < -0.39 is 0 Å². The van der Waals surface area contributed by atoms with Gasteiger partial charge >= 0.3 is 0 Å². The number of nitrogens with zero attached hydrogens (tertiary/aromatic N) is 3. The minimum atomic E-state index is -0.305. The summed E-state index contributed by atoms with van der Waals surface area (Å²) < 4.78 is 5.05. The van der Waals surface area contributed by atoms with Crippen molar-refractivity contribution in [2.45, 2.75) is 31.8 Å². The Morgan fingerprint density at radius 2 is 2.37 bits per heavy atom. The van der Waals surface area contributed by atoms with Crippen molar-refractivity contribution < 1.29 is 9.32 Å². The van der Waals surface area contributed by atoms with Crippen LogP contribution in [0.4, 0.5) is 0 Å². The number of thiazole rings is 1. The molecule has 1 fully saturated rings. The number of nitrogens with one attached hydrogen (secondary N) is 1. The molecule has 0 spiro atoms. The summed E-state index contributed by atoms with van der Waals surface area (Å²) in [5.41, 5.74) is 6.29. The van der Waals surface area contributed by atoms with E-state index in [1.165, 1.54) is 11.3 Å². The smallest absolute Gasteiger partial charge is 0.292 e. The van der Waals surface area contributed by atoms with Gasteiger partial charge in [-0.1, -0.05) is 5.16 Å². The fraction of sp³-hybridized carbons (Fsp3) is 0.455. The number of carbonyl (C=O) groups excluding carboxylic acids is 1. The van der Waals surface area contributed by atoms with Gasteiger partial charge in [-0.15, -0.1) is 11.3 Å². The normalized spacial score (nSPS) is 16.3. The first-order chi connectivity index (χ1) is 9.13. The molecule has 8 heteroatoms. The van der Waals surface area contributed by atoms with Crippen molar-refractivity contribution >= 4 is 17.2 Å². The highest BCUT2D eigenvalue weighted by atomic mass is 32.1. The Morgan fingerprint density at radius 3 is 3.00 bits per heavy atom. The first-order valence-electron chi connectivity index (χ1n) is 5.99. The van der Waals surface area contributed by atoms with E-state index in [1.54, 1.807) is 5.38 Å². The molecule has 7 nitrogen and oxygen atoms in total. The third-order valence-electron chi connectivity index (χ3n) is 2.67. The quantitative estimate of drug-likeness (QED) is 0.868. The Hall–Kier alpha value is -1.80. The molecule has 0 aliphatic heterocycles. The topological polar surface area (TPSA) is 107 Å². The number of amides is 1. The highest BCUT2D eigenvalue weighted by Gasteiger charge is 2.26. The molecule has 19 heavy (non-hydrogen) atoms. The second-order valence-corrected chi connectivity index (χ2v) is 5.42. The Kier molecular flexibility index (Phi) is 3.03. The van der Waals surface area contributed by atoms with Crippen molar-refractivity contribution in [1.82, 2.24) is 20.4 Å². The van der Waals surface area contributed by atoms with Gasteiger partial charge in [0, 0.05) is 11.4 Å². The Labute approximate surface area is 113 Å². The maximum Gasteiger partial charge on any atom is 0.292 e. The van der Waals surface area contributed by atoms with Crippen molar-refractivity contribution in [2.24, 2.45) is 5.73 Å². The molecule has 2 heterocycles. The van der Waals surface area contributed by atoms with Crippen LogP contribution in [0.15, 0.2) is 9.90 Å². The van der Waals surface area contributed by atoms with E-state index in [2.05, 4.69) is 20.4 Å². The average Bonchev–Trinajstić information content (AvgIpc) is 2.92. The van der Waals surface area contributed by atoms with Crippen LogP contribution in [0.25, 0.3) is 11.6 Å². The fourth-order valence-electron chi connectivity index (χ4n) is 1.49. The summed E-state index contributed by atoms with van der Waals surface area (Å²) in [5, 5.41) is 9.03. The molecule has 0 aromatic carbocycles. The van der Waals surface area contributed by atoms with Gasteiger partial charge in [0.15, 0.2) is 0 Å². The molecular formula is C11H13N5O2S. The molecule has 3 N–H and O–H groups in total.